The molecule has 63 heavy (non-hydrogen) atoms. The molecular weight excluding hydrogens is 783 g/mol. The number of benzene rings is 10. The van der Waals surface area contributed by atoms with Crippen LogP contribution in [-0.4, -0.2) is 0 Å². The summed E-state index contributed by atoms with van der Waals surface area (Å²) in [6.07, 6.45) is 0. The lowest BCUT2D eigenvalue weighted by molar-refractivity contribution is 0.436. The van der Waals surface area contributed by atoms with E-state index in [2.05, 4.69) is 229 Å². The molecule has 2 heterocycles. The third-order valence-electron chi connectivity index (χ3n) is 14.2. The van der Waals surface area contributed by atoms with Crippen molar-refractivity contribution in [2.24, 2.45) is 0 Å². The van der Waals surface area contributed by atoms with Crippen molar-refractivity contribution in [2.75, 3.05) is 4.90 Å². The van der Waals surface area contributed by atoms with E-state index in [4.69, 9.17) is 4.74 Å². The summed E-state index contributed by atoms with van der Waals surface area (Å²) in [6.45, 7) is 0. The van der Waals surface area contributed by atoms with E-state index in [0.29, 0.717) is 0 Å². The molecule has 0 N–H and O–H groups in total. The number of ether oxygens (including phenoxy) is 1. The van der Waals surface area contributed by atoms with Crippen LogP contribution in [0.4, 0.5) is 17.1 Å². The molecule has 0 amide bonds. The van der Waals surface area contributed by atoms with Crippen molar-refractivity contribution in [1.29, 1.82) is 0 Å². The Morgan fingerprint density at radius 1 is 0.349 bits per heavy atom. The summed E-state index contributed by atoms with van der Waals surface area (Å²) < 4.78 is 6.71. The van der Waals surface area contributed by atoms with Crippen LogP contribution in [0.2, 0.25) is 0 Å². The Balaban J connectivity index is 1.08. The Bertz CT molecular complexity index is 3470. The van der Waals surface area contributed by atoms with Gasteiger partial charge in [0, 0.05) is 37.6 Å². The maximum absolute atomic E-state index is 6.71. The molecule has 10 aromatic carbocycles. The van der Waals surface area contributed by atoms with E-state index in [-0.39, 0.29) is 0 Å². The van der Waals surface area contributed by atoms with Crippen LogP contribution < -0.4 is 9.64 Å². The Hall–Kier alpha value is -7.59. The smallest absolute Gasteiger partial charge is 0.132 e. The van der Waals surface area contributed by atoms with Crippen LogP contribution in [-0.2, 0) is 10.8 Å². The van der Waals surface area contributed by atoms with Crippen LogP contribution in [0.3, 0.4) is 0 Å². The van der Waals surface area contributed by atoms with Crippen LogP contribution >= 0.6 is 11.8 Å². The Kier molecular flexibility index (Phi) is 7.21. The zero-order chi connectivity index (χ0) is 41.3. The van der Waals surface area contributed by atoms with E-state index in [0.717, 1.165) is 39.7 Å². The van der Waals surface area contributed by atoms with E-state index >= 15 is 0 Å². The van der Waals surface area contributed by atoms with Gasteiger partial charge in [-0.15, -0.1) is 0 Å². The Morgan fingerprint density at radius 2 is 0.841 bits per heavy atom. The third kappa shape index (κ3) is 4.49. The fraction of sp³-hybridized carbons (Fsp3) is 0.0333. The number of nitrogens with zero attached hydrogens (tertiary/aromatic N) is 1. The number of anilines is 3. The van der Waals surface area contributed by atoms with Crippen LogP contribution in [0.5, 0.6) is 11.5 Å². The lowest BCUT2D eigenvalue weighted by atomic mass is 9.66. The van der Waals surface area contributed by atoms with Gasteiger partial charge in [0.05, 0.1) is 22.2 Å². The molecule has 3 heteroatoms. The van der Waals surface area contributed by atoms with Crippen molar-refractivity contribution < 1.29 is 4.74 Å². The molecule has 0 fully saturated rings. The third-order valence-corrected chi connectivity index (χ3v) is 15.3. The minimum atomic E-state index is -0.583. The van der Waals surface area contributed by atoms with E-state index in [1.54, 1.807) is 0 Å². The predicted molar refractivity (Wildman–Crippen MR) is 257 cm³/mol. The summed E-state index contributed by atoms with van der Waals surface area (Å²) in [5.41, 5.74) is 17.6. The van der Waals surface area contributed by atoms with Gasteiger partial charge in [-0.05, 0) is 104 Å². The first-order chi connectivity index (χ1) is 31.3. The van der Waals surface area contributed by atoms with Crippen LogP contribution in [0.25, 0.3) is 33.0 Å². The van der Waals surface area contributed by atoms with Gasteiger partial charge in [-0.25, -0.2) is 0 Å². The van der Waals surface area contributed by atoms with Gasteiger partial charge in [-0.2, -0.15) is 0 Å². The largest absolute Gasteiger partial charge is 0.457 e. The van der Waals surface area contributed by atoms with Crippen molar-refractivity contribution in [3.63, 3.8) is 0 Å². The molecule has 4 aliphatic rings. The van der Waals surface area contributed by atoms with E-state index in [1.807, 2.05) is 11.8 Å². The monoisotopic (exact) mass is 819 g/mol. The van der Waals surface area contributed by atoms with Gasteiger partial charge in [0.25, 0.3) is 0 Å². The lowest BCUT2D eigenvalue weighted by Crippen LogP contribution is -2.32. The first-order valence-corrected chi connectivity index (χ1v) is 22.6. The molecule has 14 rings (SSSR count). The zero-order valence-corrected chi connectivity index (χ0v) is 34.9. The number of hydrogen-bond acceptors (Lipinski definition) is 3. The summed E-state index contributed by atoms with van der Waals surface area (Å²) in [4.78, 5) is 5.16. The second-order valence-corrected chi connectivity index (χ2v) is 18.1. The number of rotatable bonds is 3. The molecule has 2 aliphatic heterocycles. The molecule has 0 radical (unpaired) electrons. The minimum absolute atomic E-state index is 0.448. The molecule has 0 atom stereocenters. The van der Waals surface area contributed by atoms with Crippen molar-refractivity contribution in [3.8, 4) is 33.8 Å². The zero-order valence-electron chi connectivity index (χ0n) is 34.1. The average molecular weight is 820 g/mol. The van der Waals surface area contributed by atoms with E-state index in [1.165, 1.54) is 76.2 Å². The molecule has 2 aliphatic carbocycles. The van der Waals surface area contributed by atoms with Crippen molar-refractivity contribution in [1.82, 2.24) is 0 Å². The minimum Gasteiger partial charge on any atom is -0.457 e. The SMILES string of the molecule is c1ccc2c(c1)Oc1ccccc1C21c2ccccc2-c2c(N(c3ccc4c(c3)-c3ccccc3C43c4ccccc4Sc4ccccc43)c3cccc4ccccc34)cccc21. The molecule has 2 nitrogen and oxygen atoms in total. The molecule has 10 aromatic rings. The fourth-order valence-corrected chi connectivity index (χ4v) is 13.1. The van der Waals surface area contributed by atoms with Crippen molar-refractivity contribution in [2.45, 2.75) is 20.6 Å². The number of hydrogen-bond donors (Lipinski definition) is 0. The van der Waals surface area contributed by atoms with Crippen LogP contribution in [0.15, 0.2) is 234 Å². The second kappa shape index (κ2) is 13.0. The van der Waals surface area contributed by atoms with E-state index < -0.39 is 10.8 Å². The first kappa shape index (κ1) is 35.1. The molecule has 0 aromatic heterocycles. The lowest BCUT2D eigenvalue weighted by Gasteiger charge is -2.40. The van der Waals surface area contributed by atoms with Gasteiger partial charge in [-0.3, -0.25) is 0 Å². The summed E-state index contributed by atoms with van der Waals surface area (Å²) in [6, 6.07) is 83.3. The van der Waals surface area contributed by atoms with Gasteiger partial charge < -0.3 is 9.64 Å². The van der Waals surface area contributed by atoms with E-state index in [9.17, 15) is 0 Å². The molecule has 294 valence electrons. The highest BCUT2D eigenvalue weighted by molar-refractivity contribution is 7.99. The highest BCUT2D eigenvalue weighted by Crippen LogP contribution is 2.66. The highest BCUT2D eigenvalue weighted by Gasteiger charge is 2.53. The molecule has 0 unspecified atom stereocenters. The Morgan fingerprint density at radius 3 is 1.57 bits per heavy atom. The summed E-state index contributed by atoms with van der Waals surface area (Å²) in [5.74, 6) is 1.79. The molecule has 0 bridgehead atoms. The molecule has 2 spiro atoms. The number of fused-ring (bicyclic) bond motifs is 19. The van der Waals surface area contributed by atoms with Gasteiger partial charge in [-0.1, -0.05) is 188 Å². The second-order valence-electron chi connectivity index (χ2n) is 17.0. The molecule has 0 saturated carbocycles. The average Bonchev–Trinajstić information content (AvgIpc) is 3.80. The maximum atomic E-state index is 6.71. The van der Waals surface area contributed by atoms with Gasteiger partial charge in [0.15, 0.2) is 0 Å². The topological polar surface area (TPSA) is 12.5 Å². The normalized spacial score (nSPS) is 14.7. The first-order valence-electron chi connectivity index (χ1n) is 21.8. The van der Waals surface area contributed by atoms with Crippen LogP contribution in [0, 0.1) is 0 Å². The molecular formula is C60H37NOS. The van der Waals surface area contributed by atoms with Crippen LogP contribution in [0.1, 0.15) is 44.5 Å². The van der Waals surface area contributed by atoms with Gasteiger partial charge in [0.1, 0.15) is 11.5 Å². The highest BCUT2D eigenvalue weighted by atomic mass is 32.2. The summed E-state index contributed by atoms with van der Waals surface area (Å²) in [5, 5.41) is 2.40. The standard InChI is InChI=1S/C60H37NOS/c1-2-19-40-38(17-1)18-15-29-52(40)61(39-35-36-46-43(37-39)41-20-3-5-22-44(41)59(46)49-26-9-13-33-56(49)63-57-34-14-10-27-50(57)59)53-30-16-28-51-58(53)42-21-4-6-23-45(42)60(51)47-24-7-11-31-54(47)62-55-32-12-8-25-48(55)60/h1-37H. The fourth-order valence-electron chi connectivity index (χ4n) is 11.9. The molecule has 0 saturated heterocycles. The predicted octanol–water partition coefficient (Wildman–Crippen LogP) is 15.6. The van der Waals surface area contributed by atoms with Crippen molar-refractivity contribution in [3.05, 3.63) is 269 Å². The van der Waals surface area contributed by atoms with Gasteiger partial charge in [0.2, 0.25) is 0 Å². The summed E-state index contributed by atoms with van der Waals surface area (Å²) >= 11 is 1.89. The van der Waals surface area contributed by atoms with Crippen molar-refractivity contribution >= 4 is 39.6 Å². The quantitative estimate of drug-likeness (QED) is 0.176. The Labute approximate surface area is 370 Å². The summed E-state index contributed by atoms with van der Waals surface area (Å²) in [7, 11) is 0. The van der Waals surface area contributed by atoms with Gasteiger partial charge >= 0.3 is 0 Å². The maximum Gasteiger partial charge on any atom is 0.132 e. The number of para-hydroxylation sites is 2.